The summed E-state index contributed by atoms with van der Waals surface area (Å²) in [7, 11) is 1.63. The van der Waals surface area contributed by atoms with E-state index in [1.165, 1.54) is 5.56 Å². The number of ether oxygens (including phenoxy) is 2. The summed E-state index contributed by atoms with van der Waals surface area (Å²) >= 11 is 0. The molecule has 0 radical (unpaired) electrons. The zero-order chi connectivity index (χ0) is 22.4. The first-order valence-corrected chi connectivity index (χ1v) is 10.2. The molecule has 4 heteroatoms. The van der Waals surface area contributed by atoms with Crippen LogP contribution < -0.4 is 9.47 Å². The van der Waals surface area contributed by atoms with Crippen LogP contribution in [0, 0.1) is 0 Å². The molecular weight excluding hydrogens is 388 g/mol. The summed E-state index contributed by atoms with van der Waals surface area (Å²) in [5, 5.41) is 9.07. The molecule has 0 bridgehead atoms. The van der Waals surface area contributed by atoms with E-state index in [4.69, 9.17) is 14.6 Å². The standard InChI is InChI=1S/C27H28O4/c1-27(2,3)23-11-5-19(6-12-23)18-31-25-15-9-21(17-22(25)10-16-26(28)29)20-7-13-24(30-4)14-8-20/h5-17H,18H2,1-4H3,(H,28,29). The number of rotatable bonds is 7. The van der Waals surface area contributed by atoms with Crippen molar-refractivity contribution >= 4 is 12.0 Å². The minimum atomic E-state index is -1.00. The summed E-state index contributed by atoms with van der Waals surface area (Å²) in [6.07, 6.45) is 2.69. The number of benzene rings is 3. The Balaban J connectivity index is 1.83. The van der Waals surface area contributed by atoms with Crippen molar-refractivity contribution in [2.45, 2.75) is 32.8 Å². The molecule has 0 atom stereocenters. The van der Waals surface area contributed by atoms with Gasteiger partial charge in [-0.2, -0.15) is 0 Å². The Morgan fingerprint density at radius 3 is 2.16 bits per heavy atom. The summed E-state index contributed by atoms with van der Waals surface area (Å²) < 4.78 is 11.3. The molecule has 0 aliphatic carbocycles. The summed E-state index contributed by atoms with van der Waals surface area (Å²) in [6, 6.07) is 21.9. The van der Waals surface area contributed by atoms with Crippen molar-refractivity contribution in [2.75, 3.05) is 7.11 Å². The average Bonchev–Trinajstić information content (AvgIpc) is 2.76. The normalized spacial score (nSPS) is 11.5. The lowest BCUT2D eigenvalue weighted by molar-refractivity contribution is -0.131. The number of carboxylic acid groups (broad SMARTS) is 1. The van der Waals surface area contributed by atoms with Gasteiger partial charge in [-0.3, -0.25) is 0 Å². The summed E-state index contributed by atoms with van der Waals surface area (Å²) in [4.78, 5) is 11.1. The van der Waals surface area contributed by atoms with Crippen LogP contribution in [0.25, 0.3) is 17.2 Å². The van der Waals surface area contributed by atoms with Gasteiger partial charge in [0.15, 0.2) is 0 Å². The van der Waals surface area contributed by atoms with E-state index in [9.17, 15) is 4.79 Å². The molecule has 0 amide bonds. The predicted molar refractivity (Wildman–Crippen MR) is 125 cm³/mol. The fourth-order valence-corrected chi connectivity index (χ4v) is 3.20. The van der Waals surface area contributed by atoms with Crippen LogP contribution in [-0.2, 0) is 16.8 Å². The SMILES string of the molecule is COc1ccc(-c2ccc(OCc3ccc(C(C)(C)C)cc3)c(C=CC(=O)O)c2)cc1. The highest BCUT2D eigenvalue weighted by atomic mass is 16.5. The van der Waals surface area contributed by atoms with Gasteiger partial charge in [0.25, 0.3) is 0 Å². The number of hydrogen-bond donors (Lipinski definition) is 1. The number of carbonyl (C=O) groups is 1. The third-order valence-corrected chi connectivity index (χ3v) is 5.05. The predicted octanol–water partition coefficient (Wildman–Crippen LogP) is 6.34. The number of aliphatic carboxylic acids is 1. The van der Waals surface area contributed by atoms with Gasteiger partial charge in [-0.05, 0) is 58.0 Å². The maximum Gasteiger partial charge on any atom is 0.328 e. The highest BCUT2D eigenvalue weighted by molar-refractivity contribution is 5.86. The Morgan fingerprint density at radius 2 is 1.58 bits per heavy atom. The fraction of sp³-hybridized carbons (Fsp3) is 0.222. The van der Waals surface area contributed by atoms with Gasteiger partial charge < -0.3 is 14.6 Å². The molecule has 0 heterocycles. The Hall–Kier alpha value is -3.53. The van der Waals surface area contributed by atoms with Gasteiger partial charge in [0.05, 0.1) is 7.11 Å². The van der Waals surface area contributed by atoms with E-state index >= 15 is 0 Å². The lowest BCUT2D eigenvalue weighted by atomic mass is 9.87. The Kier molecular flexibility index (Phi) is 6.81. The average molecular weight is 417 g/mol. The van der Waals surface area contributed by atoms with Crippen molar-refractivity contribution < 1.29 is 19.4 Å². The van der Waals surface area contributed by atoms with E-state index in [0.717, 1.165) is 28.5 Å². The minimum absolute atomic E-state index is 0.103. The summed E-state index contributed by atoms with van der Waals surface area (Å²) in [5.74, 6) is 0.417. The van der Waals surface area contributed by atoms with E-state index in [2.05, 4.69) is 45.0 Å². The van der Waals surface area contributed by atoms with Crippen LogP contribution in [0.5, 0.6) is 11.5 Å². The van der Waals surface area contributed by atoms with Crippen LogP contribution in [-0.4, -0.2) is 18.2 Å². The van der Waals surface area contributed by atoms with Crippen LogP contribution in [0.3, 0.4) is 0 Å². The summed E-state index contributed by atoms with van der Waals surface area (Å²) in [5.41, 5.74) is 5.11. The van der Waals surface area contributed by atoms with Crippen LogP contribution in [0.1, 0.15) is 37.5 Å². The molecule has 0 aliphatic rings. The second-order valence-electron chi connectivity index (χ2n) is 8.39. The lowest BCUT2D eigenvalue weighted by Gasteiger charge is -2.19. The molecule has 0 spiro atoms. The van der Waals surface area contributed by atoms with Gasteiger partial charge in [0, 0.05) is 11.6 Å². The quantitative estimate of drug-likeness (QED) is 0.457. The van der Waals surface area contributed by atoms with Crippen molar-refractivity contribution in [1.29, 1.82) is 0 Å². The smallest absolute Gasteiger partial charge is 0.328 e. The Morgan fingerprint density at radius 1 is 0.935 bits per heavy atom. The molecule has 160 valence electrons. The topological polar surface area (TPSA) is 55.8 Å². The minimum Gasteiger partial charge on any atom is -0.497 e. The molecule has 0 unspecified atom stereocenters. The lowest BCUT2D eigenvalue weighted by Crippen LogP contribution is -2.10. The van der Waals surface area contributed by atoms with E-state index in [1.54, 1.807) is 13.2 Å². The van der Waals surface area contributed by atoms with Crippen LogP contribution >= 0.6 is 0 Å². The Bertz CT molecular complexity index is 1060. The maximum absolute atomic E-state index is 11.1. The van der Waals surface area contributed by atoms with E-state index in [-0.39, 0.29) is 5.41 Å². The molecule has 4 nitrogen and oxygen atoms in total. The van der Waals surface area contributed by atoms with Crippen LogP contribution in [0.4, 0.5) is 0 Å². The van der Waals surface area contributed by atoms with E-state index in [1.807, 2.05) is 42.5 Å². The van der Waals surface area contributed by atoms with Crippen molar-refractivity contribution in [2.24, 2.45) is 0 Å². The molecule has 0 fully saturated rings. The molecule has 0 aromatic heterocycles. The summed E-state index contributed by atoms with van der Waals surface area (Å²) in [6.45, 7) is 6.96. The molecule has 0 aliphatic heterocycles. The van der Waals surface area contributed by atoms with Crippen LogP contribution in [0.2, 0.25) is 0 Å². The van der Waals surface area contributed by atoms with Crippen molar-refractivity contribution in [1.82, 2.24) is 0 Å². The van der Waals surface area contributed by atoms with Gasteiger partial charge in [-0.25, -0.2) is 4.79 Å². The fourth-order valence-electron chi connectivity index (χ4n) is 3.20. The monoisotopic (exact) mass is 416 g/mol. The van der Waals surface area contributed by atoms with Crippen molar-refractivity contribution in [3.63, 3.8) is 0 Å². The number of methoxy groups -OCH3 is 1. The third-order valence-electron chi connectivity index (χ3n) is 5.05. The first kappa shape index (κ1) is 22.2. The second-order valence-corrected chi connectivity index (χ2v) is 8.39. The van der Waals surface area contributed by atoms with Gasteiger partial charge in [-0.1, -0.05) is 63.2 Å². The zero-order valence-corrected chi connectivity index (χ0v) is 18.4. The molecule has 3 aromatic rings. The second kappa shape index (κ2) is 9.52. The van der Waals surface area contributed by atoms with E-state index < -0.39 is 5.97 Å². The molecule has 3 aromatic carbocycles. The third kappa shape index (κ3) is 5.98. The molecule has 0 saturated carbocycles. The Labute approximate surface area is 183 Å². The highest BCUT2D eigenvalue weighted by Crippen LogP contribution is 2.30. The van der Waals surface area contributed by atoms with Gasteiger partial charge in [0.2, 0.25) is 0 Å². The maximum atomic E-state index is 11.1. The highest BCUT2D eigenvalue weighted by Gasteiger charge is 2.13. The molecule has 31 heavy (non-hydrogen) atoms. The molecule has 0 saturated heterocycles. The van der Waals surface area contributed by atoms with Crippen LogP contribution in [0.15, 0.2) is 72.8 Å². The molecule has 1 N–H and O–H groups in total. The first-order valence-electron chi connectivity index (χ1n) is 10.2. The molecular formula is C27H28O4. The van der Waals surface area contributed by atoms with Crippen molar-refractivity contribution in [3.8, 4) is 22.6 Å². The zero-order valence-electron chi connectivity index (χ0n) is 18.4. The first-order chi connectivity index (χ1) is 14.8. The largest absolute Gasteiger partial charge is 0.497 e. The van der Waals surface area contributed by atoms with Gasteiger partial charge >= 0.3 is 5.97 Å². The molecule has 3 rings (SSSR count). The van der Waals surface area contributed by atoms with Gasteiger partial charge in [0.1, 0.15) is 18.1 Å². The van der Waals surface area contributed by atoms with Crippen molar-refractivity contribution in [3.05, 3.63) is 89.5 Å². The van der Waals surface area contributed by atoms with Gasteiger partial charge in [-0.15, -0.1) is 0 Å². The number of hydrogen-bond acceptors (Lipinski definition) is 3. The van der Waals surface area contributed by atoms with E-state index in [0.29, 0.717) is 17.9 Å². The number of carboxylic acids is 1.